The lowest BCUT2D eigenvalue weighted by molar-refractivity contribution is 0.194. The van der Waals surface area contributed by atoms with Gasteiger partial charge in [0.15, 0.2) is 0 Å². The van der Waals surface area contributed by atoms with Gasteiger partial charge in [0, 0.05) is 5.56 Å². The molecule has 0 aliphatic carbocycles. The van der Waals surface area contributed by atoms with Crippen LogP contribution in [0.4, 0.5) is 4.39 Å². The van der Waals surface area contributed by atoms with Gasteiger partial charge in [-0.2, -0.15) is 0 Å². The largest absolute Gasteiger partial charge is 0.507 e. The first kappa shape index (κ1) is 9.48. The van der Waals surface area contributed by atoms with Crippen molar-refractivity contribution in [1.29, 1.82) is 0 Å². The summed E-state index contributed by atoms with van der Waals surface area (Å²) in [6, 6.07) is 2.68. The van der Waals surface area contributed by atoms with Gasteiger partial charge >= 0.3 is 0 Å². The van der Waals surface area contributed by atoms with Crippen molar-refractivity contribution in [3.63, 3.8) is 0 Å². The van der Waals surface area contributed by atoms with Crippen molar-refractivity contribution in [3.05, 3.63) is 28.0 Å². The molecule has 66 valence electrons. The molecule has 1 unspecified atom stereocenters. The minimum atomic E-state index is -0.873. The van der Waals surface area contributed by atoms with Crippen LogP contribution in [0.5, 0.6) is 5.75 Å². The number of aliphatic hydroxyl groups excluding tert-OH is 1. The Morgan fingerprint density at radius 1 is 1.50 bits per heavy atom. The smallest absolute Gasteiger partial charge is 0.146 e. The maximum absolute atomic E-state index is 13.1. The van der Waals surface area contributed by atoms with Crippen LogP contribution in [0.2, 0.25) is 0 Å². The number of hydrogen-bond acceptors (Lipinski definition) is 2. The highest BCUT2D eigenvalue weighted by molar-refractivity contribution is 9.10. The zero-order valence-corrected chi connectivity index (χ0v) is 7.97. The fourth-order valence-electron chi connectivity index (χ4n) is 0.877. The third-order valence-electron chi connectivity index (χ3n) is 1.54. The fourth-order valence-corrected chi connectivity index (χ4v) is 1.24. The second kappa shape index (κ2) is 3.41. The second-order valence-electron chi connectivity index (χ2n) is 2.48. The molecule has 0 aliphatic rings. The number of aromatic hydroxyl groups is 1. The first-order valence-electron chi connectivity index (χ1n) is 3.39. The molecule has 0 aliphatic heterocycles. The number of phenols is 1. The Bertz CT molecular complexity index is 299. The molecule has 0 amide bonds. The summed E-state index contributed by atoms with van der Waals surface area (Å²) in [5, 5.41) is 18.1. The molecule has 2 nitrogen and oxygen atoms in total. The van der Waals surface area contributed by atoms with E-state index in [-0.39, 0.29) is 15.8 Å². The number of phenolic OH excluding ortho intramolecular Hbond substituents is 1. The standard InChI is InChI=1S/C8H8BrFO2/c1-4(11)5-2-3-6(12)7(9)8(5)10/h2-4,11-12H,1H3. The predicted octanol–water partition coefficient (Wildman–Crippen LogP) is 2.35. The van der Waals surface area contributed by atoms with E-state index in [2.05, 4.69) is 15.9 Å². The summed E-state index contributed by atoms with van der Waals surface area (Å²) in [7, 11) is 0. The molecule has 0 heterocycles. The van der Waals surface area contributed by atoms with Crippen molar-refractivity contribution in [3.8, 4) is 5.75 Å². The van der Waals surface area contributed by atoms with Gasteiger partial charge in [-0.1, -0.05) is 0 Å². The van der Waals surface area contributed by atoms with E-state index in [1.54, 1.807) is 0 Å². The minimum Gasteiger partial charge on any atom is -0.507 e. The number of hydrogen-bond donors (Lipinski definition) is 2. The monoisotopic (exact) mass is 234 g/mol. The van der Waals surface area contributed by atoms with Crippen LogP contribution in [-0.2, 0) is 0 Å². The van der Waals surface area contributed by atoms with E-state index in [4.69, 9.17) is 10.2 Å². The SMILES string of the molecule is CC(O)c1ccc(O)c(Br)c1F. The fraction of sp³-hybridized carbons (Fsp3) is 0.250. The Hall–Kier alpha value is -0.610. The maximum Gasteiger partial charge on any atom is 0.146 e. The van der Waals surface area contributed by atoms with Gasteiger partial charge < -0.3 is 10.2 Å². The van der Waals surface area contributed by atoms with Crippen molar-refractivity contribution < 1.29 is 14.6 Å². The Balaban J connectivity index is 3.27. The lowest BCUT2D eigenvalue weighted by Gasteiger charge is -2.07. The van der Waals surface area contributed by atoms with Crippen LogP contribution in [-0.4, -0.2) is 10.2 Å². The number of aliphatic hydroxyl groups is 1. The highest BCUT2D eigenvalue weighted by atomic mass is 79.9. The zero-order valence-electron chi connectivity index (χ0n) is 6.38. The van der Waals surface area contributed by atoms with Gasteiger partial charge in [-0.25, -0.2) is 4.39 Å². The molecule has 0 radical (unpaired) electrons. The normalized spacial score (nSPS) is 13.0. The molecule has 0 saturated carbocycles. The van der Waals surface area contributed by atoms with E-state index in [0.29, 0.717) is 0 Å². The molecule has 1 atom stereocenters. The third-order valence-corrected chi connectivity index (χ3v) is 2.30. The summed E-state index contributed by atoms with van der Waals surface area (Å²) in [5.41, 5.74) is 0.166. The predicted molar refractivity (Wildman–Crippen MR) is 46.4 cm³/mol. The van der Waals surface area contributed by atoms with Gasteiger partial charge in [-0.3, -0.25) is 0 Å². The van der Waals surface area contributed by atoms with Gasteiger partial charge in [0.25, 0.3) is 0 Å². The summed E-state index contributed by atoms with van der Waals surface area (Å²) < 4.78 is 13.1. The zero-order chi connectivity index (χ0) is 9.30. The first-order chi connectivity index (χ1) is 5.54. The summed E-state index contributed by atoms with van der Waals surface area (Å²) in [4.78, 5) is 0. The van der Waals surface area contributed by atoms with Crippen molar-refractivity contribution in [2.24, 2.45) is 0 Å². The number of halogens is 2. The van der Waals surface area contributed by atoms with Crippen LogP contribution in [0.25, 0.3) is 0 Å². The molecular formula is C8H8BrFO2. The Kier molecular flexibility index (Phi) is 2.69. The minimum absolute atomic E-state index is 0.0131. The van der Waals surface area contributed by atoms with Crippen molar-refractivity contribution in [2.45, 2.75) is 13.0 Å². The van der Waals surface area contributed by atoms with Crippen LogP contribution < -0.4 is 0 Å². The van der Waals surface area contributed by atoms with Crippen molar-refractivity contribution in [2.75, 3.05) is 0 Å². The quantitative estimate of drug-likeness (QED) is 0.784. The topological polar surface area (TPSA) is 40.5 Å². The van der Waals surface area contributed by atoms with E-state index >= 15 is 0 Å². The van der Waals surface area contributed by atoms with E-state index in [1.807, 2.05) is 0 Å². The van der Waals surface area contributed by atoms with Gasteiger partial charge in [0.05, 0.1) is 10.6 Å². The molecule has 2 N–H and O–H groups in total. The van der Waals surface area contributed by atoms with E-state index < -0.39 is 11.9 Å². The number of benzene rings is 1. The highest BCUT2D eigenvalue weighted by Gasteiger charge is 2.13. The summed E-state index contributed by atoms with van der Waals surface area (Å²) in [5.74, 6) is -0.790. The summed E-state index contributed by atoms with van der Waals surface area (Å²) in [6.45, 7) is 1.46. The van der Waals surface area contributed by atoms with Gasteiger partial charge in [0.2, 0.25) is 0 Å². The maximum atomic E-state index is 13.1. The average molecular weight is 235 g/mol. The third kappa shape index (κ3) is 1.59. The first-order valence-corrected chi connectivity index (χ1v) is 4.18. The van der Waals surface area contributed by atoms with Crippen LogP contribution in [0.1, 0.15) is 18.6 Å². The Morgan fingerprint density at radius 2 is 2.08 bits per heavy atom. The Labute approximate surface area is 77.8 Å². The van der Waals surface area contributed by atoms with Gasteiger partial charge in [-0.15, -0.1) is 0 Å². The molecule has 0 saturated heterocycles. The molecule has 0 spiro atoms. The van der Waals surface area contributed by atoms with Crippen molar-refractivity contribution >= 4 is 15.9 Å². The molecule has 0 fully saturated rings. The molecule has 1 aromatic rings. The Morgan fingerprint density at radius 3 is 2.58 bits per heavy atom. The lowest BCUT2D eigenvalue weighted by atomic mass is 10.1. The van der Waals surface area contributed by atoms with E-state index in [1.165, 1.54) is 19.1 Å². The van der Waals surface area contributed by atoms with Crippen LogP contribution in [0, 0.1) is 5.82 Å². The highest BCUT2D eigenvalue weighted by Crippen LogP contribution is 2.31. The van der Waals surface area contributed by atoms with E-state index in [0.717, 1.165) is 0 Å². The van der Waals surface area contributed by atoms with Gasteiger partial charge in [0.1, 0.15) is 11.6 Å². The molecular weight excluding hydrogens is 227 g/mol. The van der Waals surface area contributed by atoms with Crippen LogP contribution in [0.3, 0.4) is 0 Å². The van der Waals surface area contributed by atoms with Gasteiger partial charge in [-0.05, 0) is 35.0 Å². The molecule has 0 bridgehead atoms. The average Bonchev–Trinajstić information content (AvgIpc) is 2.00. The molecule has 0 aromatic heterocycles. The summed E-state index contributed by atoms with van der Waals surface area (Å²) in [6.07, 6.45) is -0.873. The second-order valence-corrected chi connectivity index (χ2v) is 3.27. The molecule has 4 heteroatoms. The molecule has 1 aromatic carbocycles. The van der Waals surface area contributed by atoms with Crippen molar-refractivity contribution in [1.82, 2.24) is 0 Å². The molecule has 12 heavy (non-hydrogen) atoms. The van der Waals surface area contributed by atoms with E-state index in [9.17, 15) is 4.39 Å². The van der Waals surface area contributed by atoms with Crippen LogP contribution >= 0.6 is 15.9 Å². The number of rotatable bonds is 1. The lowest BCUT2D eigenvalue weighted by Crippen LogP contribution is -1.96. The molecule has 1 rings (SSSR count). The summed E-state index contributed by atoms with van der Waals surface area (Å²) >= 11 is 2.86. The van der Waals surface area contributed by atoms with Crippen LogP contribution in [0.15, 0.2) is 16.6 Å².